The van der Waals surface area contributed by atoms with Gasteiger partial charge in [0, 0.05) is 4.47 Å². The molecule has 0 amide bonds. The highest BCUT2D eigenvalue weighted by Crippen LogP contribution is 2.31. The van der Waals surface area contributed by atoms with E-state index in [2.05, 4.69) is 58.4 Å². The molecule has 2 aromatic rings. The number of benzene rings is 2. The maximum Gasteiger partial charge on any atom is 0.0175 e. The molecule has 86 valence electrons. The van der Waals surface area contributed by atoms with Crippen LogP contribution in [0, 0.1) is 0 Å². The summed E-state index contributed by atoms with van der Waals surface area (Å²) < 4.78 is 1.14. The van der Waals surface area contributed by atoms with Gasteiger partial charge in [0.15, 0.2) is 0 Å². The largest absolute Gasteiger partial charge is 0.0614 e. The summed E-state index contributed by atoms with van der Waals surface area (Å²) in [6.45, 7) is 0. The summed E-state index contributed by atoms with van der Waals surface area (Å²) in [5.74, 6) is 0. The van der Waals surface area contributed by atoms with Crippen molar-refractivity contribution in [2.24, 2.45) is 0 Å². The maximum absolute atomic E-state index is 3.49. The average Bonchev–Trinajstić information content (AvgIpc) is 2.39. The van der Waals surface area contributed by atoms with E-state index in [0.717, 1.165) is 4.47 Å². The molecule has 1 aliphatic carbocycles. The second kappa shape index (κ2) is 4.66. The number of fused-ring (bicyclic) bond motifs is 1. The first kappa shape index (κ1) is 11.0. The Morgan fingerprint density at radius 3 is 2.41 bits per heavy atom. The summed E-state index contributed by atoms with van der Waals surface area (Å²) in [5, 5.41) is 0. The summed E-state index contributed by atoms with van der Waals surface area (Å²) in [6.07, 6.45) is 5.17. The summed E-state index contributed by atoms with van der Waals surface area (Å²) >= 11 is 3.49. The van der Waals surface area contributed by atoms with Crippen LogP contribution in [0.3, 0.4) is 0 Å². The van der Waals surface area contributed by atoms with Gasteiger partial charge < -0.3 is 0 Å². The number of hydrogen-bond donors (Lipinski definition) is 0. The molecule has 0 spiro atoms. The van der Waals surface area contributed by atoms with E-state index in [1.807, 2.05) is 0 Å². The van der Waals surface area contributed by atoms with Crippen molar-refractivity contribution in [3.05, 3.63) is 58.1 Å². The monoisotopic (exact) mass is 286 g/mol. The van der Waals surface area contributed by atoms with E-state index in [9.17, 15) is 0 Å². The Bertz CT molecular complexity index is 526. The van der Waals surface area contributed by atoms with Crippen molar-refractivity contribution in [3.8, 4) is 11.1 Å². The fraction of sp³-hybridized carbons (Fsp3) is 0.250. The summed E-state index contributed by atoms with van der Waals surface area (Å²) in [4.78, 5) is 0. The van der Waals surface area contributed by atoms with Gasteiger partial charge in [-0.15, -0.1) is 0 Å². The smallest absolute Gasteiger partial charge is 0.0175 e. The van der Waals surface area contributed by atoms with Crippen LogP contribution in [0.25, 0.3) is 11.1 Å². The average molecular weight is 287 g/mol. The standard InChI is InChI=1S/C16H15Br/c17-14-10-8-13(9-11-14)16-7-3-5-12-4-1-2-6-15(12)16/h3,5,7-11H,1-2,4,6H2. The molecule has 3 rings (SSSR count). The van der Waals surface area contributed by atoms with E-state index in [1.54, 1.807) is 11.1 Å². The molecule has 0 radical (unpaired) electrons. The molecule has 0 atom stereocenters. The Morgan fingerprint density at radius 2 is 1.59 bits per heavy atom. The normalized spacial score (nSPS) is 14.4. The lowest BCUT2D eigenvalue weighted by molar-refractivity contribution is 0.687. The predicted octanol–water partition coefficient (Wildman–Crippen LogP) is 4.99. The third-order valence-corrected chi connectivity index (χ3v) is 4.08. The van der Waals surface area contributed by atoms with E-state index >= 15 is 0 Å². The molecule has 0 heterocycles. The van der Waals surface area contributed by atoms with Gasteiger partial charge in [0.2, 0.25) is 0 Å². The number of halogens is 1. The lowest BCUT2D eigenvalue weighted by atomic mass is 9.86. The summed E-state index contributed by atoms with van der Waals surface area (Å²) in [7, 11) is 0. The fourth-order valence-corrected chi connectivity index (χ4v) is 2.95. The zero-order valence-electron chi connectivity index (χ0n) is 9.75. The predicted molar refractivity (Wildman–Crippen MR) is 76.2 cm³/mol. The van der Waals surface area contributed by atoms with Gasteiger partial charge in [-0.25, -0.2) is 0 Å². The van der Waals surface area contributed by atoms with Crippen LogP contribution in [-0.4, -0.2) is 0 Å². The number of rotatable bonds is 1. The molecule has 1 heteroatoms. The molecule has 0 bridgehead atoms. The fourth-order valence-electron chi connectivity index (χ4n) is 2.68. The number of hydrogen-bond acceptors (Lipinski definition) is 0. The summed E-state index contributed by atoms with van der Waals surface area (Å²) in [5.41, 5.74) is 5.89. The van der Waals surface area contributed by atoms with Crippen LogP contribution in [-0.2, 0) is 12.8 Å². The Hall–Kier alpha value is -1.08. The van der Waals surface area contributed by atoms with Gasteiger partial charge in [0.25, 0.3) is 0 Å². The first-order chi connectivity index (χ1) is 8.34. The van der Waals surface area contributed by atoms with Crippen LogP contribution in [0.15, 0.2) is 46.9 Å². The van der Waals surface area contributed by atoms with Gasteiger partial charge in [-0.3, -0.25) is 0 Å². The molecule has 0 nitrogen and oxygen atoms in total. The molecule has 2 aromatic carbocycles. The maximum atomic E-state index is 3.49. The van der Waals surface area contributed by atoms with Gasteiger partial charge in [-0.1, -0.05) is 46.3 Å². The topological polar surface area (TPSA) is 0 Å². The Labute approximate surface area is 111 Å². The molecule has 17 heavy (non-hydrogen) atoms. The van der Waals surface area contributed by atoms with Crippen LogP contribution in [0.4, 0.5) is 0 Å². The van der Waals surface area contributed by atoms with Gasteiger partial charge >= 0.3 is 0 Å². The van der Waals surface area contributed by atoms with Gasteiger partial charge in [-0.05, 0) is 60.1 Å². The summed E-state index contributed by atoms with van der Waals surface area (Å²) in [6, 6.07) is 15.4. The molecule has 0 saturated heterocycles. The van der Waals surface area contributed by atoms with Crippen molar-refractivity contribution in [1.82, 2.24) is 0 Å². The Morgan fingerprint density at radius 1 is 0.824 bits per heavy atom. The minimum absolute atomic E-state index is 1.14. The van der Waals surface area contributed by atoms with E-state index in [-0.39, 0.29) is 0 Å². The first-order valence-corrected chi connectivity index (χ1v) is 7.00. The van der Waals surface area contributed by atoms with Crippen LogP contribution in [0.1, 0.15) is 24.0 Å². The van der Waals surface area contributed by atoms with Crippen LogP contribution < -0.4 is 0 Å². The number of aryl methyl sites for hydroxylation is 1. The van der Waals surface area contributed by atoms with Crippen molar-refractivity contribution in [2.75, 3.05) is 0 Å². The SMILES string of the molecule is Brc1ccc(-c2cccc3c2CCCC3)cc1. The van der Waals surface area contributed by atoms with Crippen molar-refractivity contribution in [1.29, 1.82) is 0 Å². The third kappa shape index (κ3) is 2.16. The zero-order valence-corrected chi connectivity index (χ0v) is 11.3. The van der Waals surface area contributed by atoms with E-state index < -0.39 is 0 Å². The quantitative estimate of drug-likeness (QED) is 0.692. The van der Waals surface area contributed by atoms with Crippen molar-refractivity contribution < 1.29 is 0 Å². The van der Waals surface area contributed by atoms with Crippen molar-refractivity contribution >= 4 is 15.9 Å². The molecule has 1 aliphatic rings. The molecule has 0 fully saturated rings. The second-order valence-electron chi connectivity index (χ2n) is 4.66. The Kier molecular flexibility index (Phi) is 3.02. The van der Waals surface area contributed by atoms with Crippen LogP contribution in [0.5, 0.6) is 0 Å². The van der Waals surface area contributed by atoms with Crippen molar-refractivity contribution in [3.63, 3.8) is 0 Å². The minimum atomic E-state index is 1.14. The highest BCUT2D eigenvalue weighted by Gasteiger charge is 2.13. The minimum Gasteiger partial charge on any atom is -0.0614 e. The van der Waals surface area contributed by atoms with Gasteiger partial charge in [-0.2, -0.15) is 0 Å². The third-order valence-electron chi connectivity index (χ3n) is 3.55. The molecule has 0 saturated carbocycles. The van der Waals surface area contributed by atoms with Crippen LogP contribution >= 0.6 is 15.9 Å². The Balaban J connectivity index is 2.11. The highest BCUT2D eigenvalue weighted by atomic mass is 79.9. The molecule has 0 aliphatic heterocycles. The van der Waals surface area contributed by atoms with Gasteiger partial charge in [0.1, 0.15) is 0 Å². The molecule has 0 unspecified atom stereocenters. The van der Waals surface area contributed by atoms with E-state index in [4.69, 9.17) is 0 Å². The molecular formula is C16H15Br. The zero-order chi connectivity index (χ0) is 11.7. The van der Waals surface area contributed by atoms with Crippen LogP contribution in [0.2, 0.25) is 0 Å². The van der Waals surface area contributed by atoms with Crippen molar-refractivity contribution in [2.45, 2.75) is 25.7 Å². The second-order valence-corrected chi connectivity index (χ2v) is 5.57. The van der Waals surface area contributed by atoms with E-state index in [1.165, 1.54) is 36.8 Å². The molecule has 0 N–H and O–H groups in total. The van der Waals surface area contributed by atoms with Gasteiger partial charge in [0.05, 0.1) is 0 Å². The first-order valence-electron chi connectivity index (χ1n) is 6.21. The lowest BCUT2D eigenvalue weighted by Gasteiger charge is -2.19. The highest BCUT2D eigenvalue weighted by molar-refractivity contribution is 9.10. The lowest BCUT2D eigenvalue weighted by Crippen LogP contribution is -2.04. The van der Waals surface area contributed by atoms with E-state index in [0.29, 0.717) is 0 Å². The molecular weight excluding hydrogens is 272 g/mol. The molecule has 0 aromatic heterocycles.